The molecule has 1 aromatic carbocycles. The van der Waals surface area contributed by atoms with Crippen LogP contribution >= 0.6 is 35.0 Å². The monoisotopic (exact) mass is 426 g/mol. The minimum Gasteiger partial charge on any atom is -0.380 e. The fourth-order valence-corrected chi connectivity index (χ4v) is 4.98. The summed E-state index contributed by atoms with van der Waals surface area (Å²) in [7, 11) is 0. The third-order valence-corrected chi connectivity index (χ3v) is 6.73. The summed E-state index contributed by atoms with van der Waals surface area (Å²) < 4.78 is 7.64. The Bertz CT molecular complexity index is 823. The maximum Gasteiger partial charge on any atom is 0.176 e. The van der Waals surface area contributed by atoms with E-state index in [4.69, 9.17) is 27.9 Å². The van der Waals surface area contributed by atoms with E-state index in [2.05, 4.69) is 22.9 Å². The molecule has 1 atom stereocenters. The number of hydrogen-bond donors (Lipinski definition) is 1. The number of aromatic nitrogens is 1. The molecule has 3 rings (SSSR count). The molecule has 0 fully saturated rings. The van der Waals surface area contributed by atoms with Gasteiger partial charge in [-0.15, -0.1) is 0 Å². The first kappa shape index (κ1) is 20.7. The lowest BCUT2D eigenvalue weighted by atomic mass is 10.0. The van der Waals surface area contributed by atoms with Gasteiger partial charge in [0.25, 0.3) is 0 Å². The molecule has 0 saturated carbocycles. The summed E-state index contributed by atoms with van der Waals surface area (Å²) in [5.41, 5.74) is 3.11. The van der Waals surface area contributed by atoms with Gasteiger partial charge in [0.2, 0.25) is 0 Å². The van der Waals surface area contributed by atoms with E-state index in [1.807, 2.05) is 6.92 Å². The van der Waals surface area contributed by atoms with Gasteiger partial charge in [0.05, 0.1) is 26.9 Å². The molecule has 0 saturated heterocycles. The predicted molar refractivity (Wildman–Crippen MR) is 113 cm³/mol. The van der Waals surface area contributed by atoms with Gasteiger partial charge in [-0.25, -0.2) is 0 Å². The second kappa shape index (κ2) is 9.48. The maximum absolute atomic E-state index is 12.9. The van der Waals surface area contributed by atoms with Crippen molar-refractivity contribution in [2.75, 3.05) is 26.3 Å². The van der Waals surface area contributed by atoms with E-state index in [-0.39, 0.29) is 11.0 Å². The highest BCUT2D eigenvalue weighted by atomic mass is 35.5. The molecule has 0 radical (unpaired) electrons. The van der Waals surface area contributed by atoms with Crippen LogP contribution in [0.25, 0.3) is 0 Å². The fourth-order valence-electron chi connectivity index (χ4n) is 3.25. The van der Waals surface area contributed by atoms with Crippen LogP contribution in [0, 0.1) is 6.92 Å². The number of Topliss-reactive ketones (excluding diaryl/α,β-unsaturated/α-hetero) is 1. The molecule has 0 bridgehead atoms. The minimum atomic E-state index is -0.106. The zero-order valence-corrected chi connectivity index (χ0v) is 17.9. The van der Waals surface area contributed by atoms with Crippen molar-refractivity contribution in [3.05, 3.63) is 51.1 Å². The lowest BCUT2D eigenvalue weighted by molar-refractivity contribution is 0.0990. The number of aryl methyl sites for hydroxylation is 1. The van der Waals surface area contributed by atoms with Gasteiger partial charge in [-0.3, -0.25) is 4.79 Å². The van der Waals surface area contributed by atoms with Crippen molar-refractivity contribution >= 4 is 40.7 Å². The van der Waals surface area contributed by atoms with Crippen LogP contribution in [0.15, 0.2) is 29.3 Å². The zero-order valence-electron chi connectivity index (χ0n) is 15.6. The van der Waals surface area contributed by atoms with Crippen LogP contribution in [0.2, 0.25) is 10.0 Å². The molecular weight excluding hydrogens is 403 g/mol. The van der Waals surface area contributed by atoms with Gasteiger partial charge in [-0.05, 0) is 50.1 Å². The second-order valence-electron chi connectivity index (χ2n) is 6.52. The first-order valence-corrected chi connectivity index (χ1v) is 10.8. The fraction of sp³-hybridized carbons (Fsp3) is 0.450. The molecule has 4 nitrogen and oxygen atoms in total. The highest BCUT2D eigenvalue weighted by Gasteiger charge is 2.32. The minimum absolute atomic E-state index is 0.105. The van der Waals surface area contributed by atoms with E-state index in [0.29, 0.717) is 15.6 Å². The molecule has 1 aliphatic rings. The number of ether oxygens (including phenoxy) is 1. The van der Waals surface area contributed by atoms with Gasteiger partial charge in [0, 0.05) is 37.5 Å². The van der Waals surface area contributed by atoms with Gasteiger partial charge in [0.1, 0.15) is 0 Å². The average molecular weight is 427 g/mol. The summed E-state index contributed by atoms with van der Waals surface area (Å²) in [6, 6.07) is 7.30. The number of rotatable bonds is 9. The van der Waals surface area contributed by atoms with Crippen LogP contribution in [-0.2, 0) is 17.7 Å². The van der Waals surface area contributed by atoms with Gasteiger partial charge < -0.3 is 14.6 Å². The number of halogens is 2. The summed E-state index contributed by atoms with van der Waals surface area (Å²) in [4.78, 5) is 12.9. The first-order valence-electron chi connectivity index (χ1n) is 9.14. The lowest BCUT2D eigenvalue weighted by Gasteiger charge is -2.13. The SMILES string of the molecule is CCOCCNCCn1c(C)cc2c1SC(C(=O)c1ccc(Cl)c(Cl)c1)C2. The molecule has 1 N–H and O–H groups in total. The van der Waals surface area contributed by atoms with Crippen molar-refractivity contribution in [1.29, 1.82) is 0 Å². The number of carbonyl (C=O) groups excluding carboxylic acids is 1. The number of hydrogen-bond acceptors (Lipinski definition) is 4. The highest BCUT2D eigenvalue weighted by Crippen LogP contribution is 2.40. The molecule has 0 aliphatic carbocycles. The second-order valence-corrected chi connectivity index (χ2v) is 8.52. The number of nitrogens with zero attached hydrogens (tertiary/aromatic N) is 1. The highest BCUT2D eigenvalue weighted by molar-refractivity contribution is 8.01. The molecular formula is C20H24Cl2N2O2S. The number of benzene rings is 1. The maximum atomic E-state index is 12.9. The Balaban J connectivity index is 1.62. The van der Waals surface area contributed by atoms with Crippen molar-refractivity contribution in [2.24, 2.45) is 0 Å². The molecule has 7 heteroatoms. The standard InChI is InChI=1S/C20H24Cl2N2O2S/c1-3-26-9-7-23-6-8-24-13(2)10-15-12-18(27-20(15)24)19(25)14-4-5-16(21)17(22)11-14/h4-5,10-11,18,23H,3,6-9,12H2,1-2H3. The van der Waals surface area contributed by atoms with Crippen LogP contribution in [-0.4, -0.2) is 41.9 Å². The Labute approximate surface area is 174 Å². The number of carbonyl (C=O) groups is 1. The third-order valence-electron chi connectivity index (χ3n) is 4.62. The number of ketones is 1. The van der Waals surface area contributed by atoms with E-state index < -0.39 is 0 Å². The molecule has 1 unspecified atom stereocenters. The summed E-state index contributed by atoms with van der Waals surface area (Å²) >= 11 is 13.7. The van der Waals surface area contributed by atoms with Crippen LogP contribution in [0.5, 0.6) is 0 Å². The van der Waals surface area contributed by atoms with E-state index in [9.17, 15) is 4.79 Å². The molecule has 1 aliphatic heterocycles. The normalized spacial score (nSPS) is 15.9. The Morgan fingerprint density at radius 1 is 1.30 bits per heavy atom. The number of fused-ring (bicyclic) bond motifs is 1. The van der Waals surface area contributed by atoms with Crippen LogP contribution in [0.4, 0.5) is 0 Å². The summed E-state index contributed by atoms with van der Waals surface area (Å²) in [5.74, 6) is 0.105. The van der Waals surface area contributed by atoms with E-state index in [1.165, 1.54) is 16.3 Å². The van der Waals surface area contributed by atoms with Crippen molar-refractivity contribution in [2.45, 2.75) is 37.1 Å². The zero-order chi connectivity index (χ0) is 19.4. The van der Waals surface area contributed by atoms with Crippen LogP contribution in [0.3, 0.4) is 0 Å². The molecule has 27 heavy (non-hydrogen) atoms. The summed E-state index contributed by atoms with van der Waals surface area (Å²) in [5, 5.41) is 5.38. The Kier molecular flexibility index (Phi) is 7.29. The topological polar surface area (TPSA) is 43.3 Å². The van der Waals surface area contributed by atoms with Gasteiger partial charge in [-0.2, -0.15) is 0 Å². The average Bonchev–Trinajstić information content (AvgIpc) is 3.17. The lowest BCUT2D eigenvalue weighted by Crippen LogP contribution is -2.24. The number of nitrogens with one attached hydrogen (secondary N) is 1. The van der Waals surface area contributed by atoms with E-state index in [0.717, 1.165) is 39.3 Å². The van der Waals surface area contributed by atoms with Crippen LogP contribution < -0.4 is 5.32 Å². The number of thioether (sulfide) groups is 1. The Morgan fingerprint density at radius 3 is 2.85 bits per heavy atom. The Hall–Kier alpha value is -0.980. The van der Waals surface area contributed by atoms with Crippen LogP contribution in [0.1, 0.15) is 28.5 Å². The summed E-state index contributed by atoms with van der Waals surface area (Å²) in [6.45, 7) is 8.20. The van der Waals surface area contributed by atoms with E-state index in [1.54, 1.807) is 30.0 Å². The molecule has 2 aromatic rings. The smallest absolute Gasteiger partial charge is 0.176 e. The van der Waals surface area contributed by atoms with Crippen molar-refractivity contribution in [3.8, 4) is 0 Å². The Morgan fingerprint density at radius 2 is 2.11 bits per heavy atom. The van der Waals surface area contributed by atoms with Crippen molar-refractivity contribution in [3.63, 3.8) is 0 Å². The first-order chi connectivity index (χ1) is 13.0. The molecule has 146 valence electrons. The summed E-state index contributed by atoms with van der Waals surface area (Å²) in [6.07, 6.45) is 0.755. The molecule has 1 aromatic heterocycles. The largest absolute Gasteiger partial charge is 0.380 e. The third kappa shape index (κ3) is 4.90. The van der Waals surface area contributed by atoms with E-state index >= 15 is 0 Å². The predicted octanol–water partition coefficient (Wildman–Crippen LogP) is 4.63. The quantitative estimate of drug-likeness (QED) is 0.468. The van der Waals surface area contributed by atoms with Gasteiger partial charge in [0.15, 0.2) is 5.78 Å². The van der Waals surface area contributed by atoms with Gasteiger partial charge in [-0.1, -0.05) is 35.0 Å². The van der Waals surface area contributed by atoms with Crippen molar-refractivity contribution in [1.82, 2.24) is 9.88 Å². The molecule has 0 amide bonds. The van der Waals surface area contributed by atoms with Gasteiger partial charge >= 0.3 is 0 Å². The van der Waals surface area contributed by atoms with Crippen molar-refractivity contribution < 1.29 is 9.53 Å². The molecule has 0 spiro atoms. The molecule has 2 heterocycles.